The molecule has 2 bridgehead atoms. The van der Waals surface area contributed by atoms with Crippen LogP contribution in [0.4, 0.5) is 5.69 Å². The van der Waals surface area contributed by atoms with E-state index in [2.05, 4.69) is 17.1 Å². The van der Waals surface area contributed by atoms with Gasteiger partial charge in [0.05, 0.1) is 37.8 Å². The van der Waals surface area contributed by atoms with Gasteiger partial charge in [0.1, 0.15) is 5.75 Å². The van der Waals surface area contributed by atoms with Gasteiger partial charge in [-0.05, 0) is 35.9 Å². The van der Waals surface area contributed by atoms with Gasteiger partial charge in [-0.25, -0.2) is 0 Å². The standard InChI is InChI=1S/C24H21NO5/c1-28-15-9-6-14(7-10-15)22(26)21-20-18-12-29-24(30-18)23(27)19(20)17-11-8-13-4-2-3-5-16(13)25(17)21/h2-11,17-21,24H,12H2,1H3/t17-,18+,19+,20+,21+,24+/m1/s1. The second-order valence-corrected chi connectivity index (χ2v) is 8.20. The highest BCUT2D eigenvalue weighted by Gasteiger charge is 2.63. The van der Waals surface area contributed by atoms with E-state index in [0.29, 0.717) is 17.9 Å². The Morgan fingerprint density at radius 1 is 1.13 bits per heavy atom. The summed E-state index contributed by atoms with van der Waals surface area (Å²) in [4.78, 5) is 29.2. The quantitative estimate of drug-likeness (QED) is 0.735. The number of benzene rings is 2. The highest BCUT2D eigenvalue weighted by atomic mass is 16.7. The van der Waals surface area contributed by atoms with E-state index in [-0.39, 0.29) is 35.5 Å². The molecule has 4 heterocycles. The molecule has 152 valence electrons. The minimum absolute atomic E-state index is 0.0120. The maximum absolute atomic E-state index is 13.8. The summed E-state index contributed by atoms with van der Waals surface area (Å²) in [5.41, 5.74) is 2.63. The Morgan fingerprint density at radius 2 is 1.93 bits per heavy atom. The van der Waals surface area contributed by atoms with Crippen molar-refractivity contribution in [1.29, 1.82) is 0 Å². The van der Waals surface area contributed by atoms with Crippen molar-refractivity contribution in [1.82, 2.24) is 0 Å². The van der Waals surface area contributed by atoms with Crippen molar-refractivity contribution in [2.24, 2.45) is 11.8 Å². The molecule has 0 unspecified atom stereocenters. The fourth-order valence-electron chi connectivity index (χ4n) is 5.50. The Balaban J connectivity index is 1.49. The summed E-state index contributed by atoms with van der Waals surface area (Å²) in [6.45, 7) is 0.343. The molecule has 6 rings (SSSR count). The Kier molecular flexibility index (Phi) is 3.88. The summed E-state index contributed by atoms with van der Waals surface area (Å²) >= 11 is 0. The number of carbonyl (C=O) groups is 2. The lowest BCUT2D eigenvalue weighted by molar-refractivity contribution is -0.163. The smallest absolute Gasteiger partial charge is 0.218 e. The number of hydrogen-bond acceptors (Lipinski definition) is 6. The molecule has 2 aromatic carbocycles. The summed E-state index contributed by atoms with van der Waals surface area (Å²) in [6.07, 6.45) is 3.04. The third kappa shape index (κ3) is 2.38. The third-order valence-electron chi connectivity index (χ3n) is 6.80. The van der Waals surface area contributed by atoms with Gasteiger partial charge in [0.25, 0.3) is 0 Å². The Hall–Kier alpha value is -2.96. The molecular weight excluding hydrogens is 382 g/mol. The van der Waals surface area contributed by atoms with Crippen LogP contribution in [0.2, 0.25) is 0 Å². The molecule has 4 aliphatic rings. The van der Waals surface area contributed by atoms with Gasteiger partial charge in [-0.15, -0.1) is 0 Å². The highest BCUT2D eigenvalue weighted by Crippen LogP contribution is 2.51. The molecule has 3 saturated heterocycles. The Morgan fingerprint density at radius 3 is 2.73 bits per heavy atom. The van der Waals surface area contributed by atoms with Gasteiger partial charge < -0.3 is 19.1 Å². The second kappa shape index (κ2) is 6.52. The lowest BCUT2D eigenvalue weighted by Crippen LogP contribution is -2.48. The van der Waals surface area contributed by atoms with E-state index < -0.39 is 12.3 Å². The van der Waals surface area contributed by atoms with E-state index in [1.807, 2.05) is 24.3 Å². The first-order chi connectivity index (χ1) is 14.7. The van der Waals surface area contributed by atoms with E-state index in [4.69, 9.17) is 14.2 Å². The van der Waals surface area contributed by atoms with Gasteiger partial charge >= 0.3 is 0 Å². The number of rotatable bonds is 3. The first-order valence-electron chi connectivity index (χ1n) is 10.2. The molecule has 2 aromatic rings. The molecule has 30 heavy (non-hydrogen) atoms. The number of Topliss-reactive ketones (excluding diaryl/α,β-unsaturated/α-hetero) is 2. The maximum atomic E-state index is 13.8. The number of carbonyl (C=O) groups excluding carboxylic acids is 2. The van der Waals surface area contributed by atoms with Crippen molar-refractivity contribution >= 4 is 23.3 Å². The first-order valence-corrected chi connectivity index (χ1v) is 10.2. The van der Waals surface area contributed by atoms with Gasteiger partial charge in [-0.2, -0.15) is 0 Å². The summed E-state index contributed by atoms with van der Waals surface area (Å²) in [5.74, 6) is 0.0442. The number of methoxy groups -OCH3 is 1. The molecule has 6 atom stereocenters. The molecule has 4 aliphatic heterocycles. The zero-order valence-electron chi connectivity index (χ0n) is 16.4. The van der Waals surface area contributed by atoms with Crippen LogP contribution < -0.4 is 9.64 Å². The minimum Gasteiger partial charge on any atom is -0.497 e. The first kappa shape index (κ1) is 17.9. The van der Waals surface area contributed by atoms with Crippen molar-refractivity contribution in [3.63, 3.8) is 0 Å². The van der Waals surface area contributed by atoms with Crippen molar-refractivity contribution in [3.8, 4) is 5.75 Å². The lowest BCUT2D eigenvalue weighted by Gasteiger charge is -2.35. The zero-order valence-corrected chi connectivity index (χ0v) is 16.4. The summed E-state index contributed by atoms with van der Waals surface area (Å²) in [5, 5.41) is 0. The molecule has 3 fully saturated rings. The summed E-state index contributed by atoms with van der Waals surface area (Å²) in [6, 6.07) is 14.5. The zero-order chi connectivity index (χ0) is 20.4. The molecule has 6 nitrogen and oxygen atoms in total. The van der Waals surface area contributed by atoms with E-state index in [9.17, 15) is 9.59 Å². The monoisotopic (exact) mass is 403 g/mol. The number of nitrogens with zero attached hydrogens (tertiary/aromatic N) is 1. The van der Waals surface area contributed by atoms with Gasteiger partial charge in [0, 0.05) is 17.2 Å². The van der Waals surface area contributed by atoms with E-state index in [1.165, 1.54) is 0 Å². The van der Waals surface area contributed by atoms with Crippen molar-refractivity contribution < 1.29 is 23.8 Å². The molecule has 0 aliphatic carbocycles. The molecule has 0 N–H and O–H groups in total. The second-order valence-electron chi connectivity index (χ2n) is 8.20. The van der Waals surface area contributed by atoms with Crippen LogP contribution in [0.15, 0.2) is 54.6 Å². The average molecular weight is 403 g/mol. The van der Waals surface area contributed by atoms with Crippen LogP contribution in [0.25, 0.3) is 6.08 Å². The normalized spacial score (nSPS) is 33.1. The number of fused-ring (bicyclic) bond motifs is 8. The van der Waals surface area contributed by atoms with Crippen LogP contribution in [0, 0.1) is 11.8 Å². The molecule has 0 amide bonds. The predicted molar refractivity (Wildman–Crippen MR) is 109 cm³/mol. The average Bonchev–Trinajstić information content (AvgIpc) is 3.38. The molecular formula is C24H21NO5. The summed E-state index contributed by atoms with van der Waals surface area (Å²) < 4.78 is 16.7. The Bertz CT molecular complexity index is 1060. The third-order valence-corrected chi connectivity index (χ3v) is 6.80. The maximum Gasteiger partial charge on any atom is 0.218 e. The van der Waals surface area contributed by atoms with Crippen LogP contribution in [-0.4, -0.2) is 49.8 Å². The van der Waals surface area contributed by atoms with Crippen LogP contribution in [-0.2, 0) is 14.3 Å². The fraction of sp³-hybridized carbons (Fsp3) is 0.333. The molecule has 6 heteroatoms. The van der Waals surface area contributed by atoms with Crippen LogP contribution in [0.3, 0.4) is 0 Å². The highest BCUT2D eigenvalue weighted by molar-refractivity contribution is 6.05. The molecule has 0 radical (unpaired) electrons. The number of anilines is 1. The lowest BCUT2D eigenvalue weighted by atomic mass is 9.77. The van der Waals surface area contributed by atoms with Gasteiger partial charge in [-0.1, -0.05) is 30.4 Å². The van der Waals surface area contributed by atoms with Gasteiger partial charge in [-0.3, -0.25) is 9.59 Å². The summed E-state index contributed by atoms with van der Waals surface area (Å²) in [7, 11) is 1.60. The molecule has 0 aromatic heterocycles. The van der Waals surface area contributed by atoms with Crippen molar-refractivity contribution in [2.45, 2.75) is 24.5 Å². The van der Waals surface area contributed by atoms with Crippen molar-refractivity contribution in [3.05, 3.63) is 65.7 Å². The topological polar surface area (TPSA) is 65.1 Å². The van der Waals surface area contributed by atoms with E-state index in [0.717, 1.165) is 11.3 Å². The predicted octanol–water partition coefficient (Wildman–Crippen LogP) is 2.72. The molecule has 0 saturated carbocycles. The van der Waals surface area contributed by atoms with Crippen molar-refractivity contribution in [2.75, 3.05) is 18.6 Å². The number of ether oxygens (including phenoxy) is 3. The minimum atomic E-state index is -0.807. The SMILES string of the molecule is COc1ccc(C(=O)[C@@H]2[C@@H]3[C@@H](C(=O)[C@H]4OC[C@@H]3O4)[C@H]3C=Cc4ccccc4N32)cc1. The van der Waals surface area contributed by atoms with Gasteiger partial charge in [0.2, 0.25) is 6.29 Å². The fourth-order valence-corrected chi connectivity index (χ4v) is 5.50. The largest absolute Gasteiger partial charge is 0.497 e. The van der Waals surface area contributed by atoms with Crippen LogP contribution in [0.5, 0.6) is 5.75 Å². The van der Waals surface area contributed by atoms with Crippen LogP contribution in [0.1, 0.15) is 15.9 Å². The van der Waals surface area contributed by atoms with E-state index in [1.54, 1.807) is 31.4 Å². The van der Waals surface area contributed by atoms with Gasteiger partial charge in [0.15, 0.2) is 11.6 Å². The van der Waals surface area contributed by atoms with E-state index >= 15 is 0 Å². The Labute approximate surface area is 174 Å². The number of ketones is 2. The van der Waals surface area contributed by atoms with Crippen LogP contribution >= 0.6 is 0 Å². The molecule has 0 spiro atoms. The number of hydrogen-bond donors (Lipinski definition) is 0. The number of para-hydroxylation sites is 1.